The Morgan fingerprint density at radius 3 is 2.56 bits per heavy atom. The summed E-state index contributed by atoms with van der Waals surface area (Å²) >= 11 is 2.45. The molecule has 0 saturated heterocycles. The van der Waals surface area contributed by atoms with Gasteiger partial charge < -0.3 is 10.2 Å². The van der Waals surface area contributed by atoms with E-state index in [9.17, 15) is 0 Å². The van der Waals surface area contributed by atoms with Crippen molar-refractivity contribution in [1.29, 1.82) is 0 Å². The Hall–Kier alpha value is -0.130. The second-order valence-corrected chi connectivity index (χ2v) is 7.04. The highest BCUT2D eigenvalue weighted by Gasteiger charge is 2.09. The Kier molecular flexibility index (Phi) is 6.08. The van der Waals surface area contributed by atoms with Crippen LogP contribution in [0.2, 0.25) is 0 Å². The summed E-state index contributed by atoms with van der Waals surface area (Å²) in [6.07, 6.45) is 0. The molecule has 18 heavy (non-hydrogen) atoms. The molecule has 1 rings (SSSR count). The van der Waals surface area contributed by atoms with Crippen molar-refractivity contribution < 1.29 is 0 Å². The second kappa shape index (κ2) is 6.87. The molecule has 1 aromatic carbocycles. The standard InChI is InChI=1S/C15H25IN2/c1-12-7-6-8-13(14(12)16)11-18(5)10-9-17-15(2,3)4/h6-8,17H,9-11H2,1-5H3. The van der Waals surface area contributed by atoms with Crippen LogP contribution in [0.25, 0.3) is 0 Å². The maximum atomic E-state index is 3.52. The molecule has 0 aliphatic rings. The summed E-state index contributed by atoms with van der Waals surface area (Å²) in [5.74, 6) is 0. The van der Waals surface area contributed by atoms with Crippen LogP contribution >= 0.6 is 22.6 Å². The smallest absolute Gasteiger partial charge is 0.0241 e. The van der Waals surface area contributed by atoms with E-state index in [4.69, 9.17) is 0 Å². The fourth-order valence-corrected chi connectivity index (χ4v) is 2.35. The summed E-state index contributed by atoms with van der Waals surface area (Å²) in [6, 6.07) is 6.54. The summed E-state index contributed by atoms with van der Waals surface area (Å²) in [4.78, 5) is 2.37. The van der Waals surface area contributed by atoms with Gasteiger partial charge in [-0.2, -0.15) is 0 Å². The zero-order chi connectivity index (χ0) is 13.8. The van der Waals surface area contributed by atoms with Crippen LogP contribution in [0.4, 0.5) is 0 Å². The third-order valence-corrected chi connectivity index (χ3v) is 4.40. The van der Waals surface area contributed by atoms with Crippen LogP contribution in [0.1, 0.15) is 31.9 Å². The molecule has 0 aliphatic heterocycles. The minimum Gasteiger partial charge on any atom is -0.311 e. The number of hydrogen-bond donors (Lipinski definition) is 1. The van der Waals surface area contributed by atoms with E-state index in [1.165, 1.54) is 14.7 Å². The highest BCUT2D eigenvalue weighted by molar-refractivity contribution is 14.1. The number of likely N-dealkylation sites (N-methyl/N-ethyl adjacent to an activating group) is 1. The first-order valence-corrected chi connectivity index (χ1v) is 7.55. The molecule has 0 amide bonds. The zero-order valence-electron chi connectivity index (χ0n) is 12.2. The van der Waals surface area contributed by atoms with Gasteiger partial charge in [0.05, 0.1) is 0 Å². The van der Waals surface area contributed by atoms with Gasteiger partial charge in [-0.3, -0.25) is 0 Å². The normalized spacial score (nSPS) is 12.2. The van der Waals surface area contributed by atoms with Gasteiger partial charge in [-0.25, -0.2) is 0 Å². The van der Waals surface area contributed by atoms with Gasteiger partial charge in [-0.1, -0.05) is 18.2 Å². The Balaban J connectivity index is 2.45. The SMILES string of the molecule is Cc1cccc(CN(C)CCNC(C)(C)C)c1I. The van der Waals surface area contributed by atoms with Crippen molar-refractivity contribution in [3.8, 4) is 0 Å². The quantitative estimate of drug-likeness (QED) is 0.810. The zero-order valence-corrected chi connectivity index (χ0v) is 14.3. The van der Waals surface area contributed by atoms with Crippen LogP contribution in [-0.2, 0) is 6.54 Å². The lowest BCUT2D eigenvalue weighted by molar-refractivity contribution is 0.303. The topological polar surface area (TPSA) is 15.3 Å². The maximum Gasteiger partial charge on any atom is 0.0241 e. The first kappa shape index (κ1) is 15.9. The van der Waals surface area contributed by atoms with Gasteiger partial charge in [0.15, 0.2) is 0 Å². The molecule has 1 N–H and O–H groups in total. The largest absolute Gasteiger partial charge is 0.311 e. The van der Waals surface area contributed by atoms with E-state index in [1.807, 2.05) is 0 Å². The minimum atomic E-state index is 0.207. The molecular weight excluding hydrogens is 335 g/mol. The first-order chi connectivity index (χ1) is 8.29. The first-order valence-electron chi connectivity index (χ1n) is 6.47. The van der Waals surface area contributed by atoms with Crippen LogP contribution < -0.4 is 5.32 Å². The average Bonchev–Trinajstić information content (AvgIpc) is 2.23. The average molecular weight is 360 g/mol. The summed E-state index contributed by atoms with van der Waals surface area (Å²) in [6.45, 7) is 11.9. The van der Waals surface area contributed by atoms with Gasteiger partial charge in [0.25, 0.3) is 0 Å². The van der Waals surface area contributed by atoms with Crippen molar-refractivity contribution in [3.05, 3.63) is 32.9 Å². The predicted molar refractivity (Wildman–Crippen MR) is 88.0 cm³/mol. The molecular formula is C15H25IN2. The number of nitrogens with one attached hydrogen (secondary N) is 1. The lowest BCUT2D eigenvalue weighted by Gasteiger charge is -2.24. The molecule has 0 heterocycles. The molecule has 0 atom stereocenters. The van der Waals surface area contributed by atoms with Gasteiger partial charge in [-0.15, -0.1) is 0 Å². The molecule has 2 nitrogen and oxygen atoms in total. The summed E-state index contributed by atoms with van der Waals surface area (Å²) < 4.78 is 1.39. The van der Waals surface area contributed by atoms with Gasteiger partial charge in [0, 0.05) is 28.7 Å². The summed E-state index contributed by atoms with van der Waals surface area (Å²) in [5, 5.41) is 3.52. The molecule has 0 aromatic heterocycles. The fourth-order valence-electron chi connectivity index (χ4n) is 1.82. The third-order valence-electron chi connectivity index (χ3n) is 2.86. The van der Waals surface area contributed by atoms with E-state index in [0.717, 1.165) is 19.6 Å². The van der Waals surface area contributed by atoms with Crippen molar-refractivity contribution >= 4 is 22.6 Å². The monoisotopic (exact) mass is 360 g/mol. The molecule has 0 aliphatic carbocycles. The van der Waals surface area contributed by atoms with Crippen molar-refractivity contribution in [3.63, 3.8) is 0 Å². The molecule has 0 fully saturated rings. The Labute approximate surface area is 125 Å². The molecule has 0 bridgehead atoms. The number of hydrogen-bond acceptors (Lipinski definition) is 2. The Morgan fingerprint density at radius 1 is 1.28 bits per heavy atom. The van der Waals surface area contributed by atoms with Gasteiger partial charge in [0.1, 0.15) is 0 Å². The van der Waals surface area contributed by atoms with Crippen LogP contribution in [0, 0.1) is 10.5 Å². The van der Waals surface area contributed by atoms with E-state index in [-0.39, 0.29) is 5.54 Å². The van der Waals surface area contributed by atoms with Crippen molar-refractivity contribution in [2.24, 2.45) is 0 Å². The highest BCUT2D eigenvalue weighted by atomic mass is 127. The van der Waals surface area contributed by atoms with Crippen LogP contribution in [0.15, 0.2) is 18.2 Å². The third kappa shape index (κ3) is 5.67. The Bertz CT molecular complexity index is 383. The lowest BCUT2D eigenvalue weighted by atomic mass is 10.1. The molecule has 3 heteroatoms. The van der Waals surface area contributed by atoms with Crippen molar-refractivity contribution in [2.45, 2.75) is 39.8 Å². The number of halogens is 1. The second-order valence-electron chi connectivity index (χ2n) is 5.96. The van der Waals surface area contributed by atoms with Crippen LogP contribution in [0.3, 0.4) is 0 Å². The Morgan fingerprint density at radius 2 is 1.94 bits per heavy atom. The van der Waals surface area contributed by atoms with Gasteiger partial charge in [0.2, 0.25) is 0 Å². The predicted octanol–water partition coefficient (Wildman–Crippen LogP) is 3.42. The van der Waals surface area contributed by atoms with Gasteiger partial charge in [-0.05, 0) is 68.5 Å². The summed E-state index contributed by atoms with van der Waals surface area (Å²) in [7, 11) is 2.18. The summed E-state index contributed by atoms with van der Waals surface area (Å²) in [5.41, 5.74) is 3.00. The minimum absolute atomic E-state index is 0.207. The molecule has 0 unspecified atom stereocenters. The maximum absolute atomic E-state index is 3.52. The van der Waals surface area contributed by atoms with E-state index in [0.29, 0.717) is 0 Å². The molecule has 0 saturated carbocycles. The number of rotatable bonds is 5. The van der Waals surface area contributed by atoms with E-state index < -0.39 is 0 Å². The van der Waals surface area contributed by atoms with E-state index in [2.05, 4.69) is 85.7 Å². The number of nitrogens with zero attached hydrogens (tertiary/aromatic N) is 1. The molecule has 0 spiro atoms. The molecule has 102 valence electrons. The van der Waals surface area contributed by atoms with Gasteiger partial charge >= 0.3 is 0 Å². The van der Waals surface area contributed by atoms with E-state index >= 15 is 0 Å². The van der Waals surface area contributed by atoms with E-state index in [1.54, 1.807) is 0 Å². The number of benzene rings is 1. The highest BCUT2D eigenvalue weighted by Crippen LogP contribution is 2.17. The number of aryl methyl sites for hydroxylation is 1. The lowest BCUT2D eigenvalue weighted by Crippen LogP contribution is -2.40. The van der Waals surface area contributed by atoms with Crippen molar-refractivity contribution in [2.75, 3.05) is 20.1 Å². The fraction of sp³-hybridized carbons (Fsp3) is 0.600. The molecule has 0 radical (unpaired) electrons. The molecule has 1 aromatic rings. The van der Waals surface area contributed by atoms with Crippen molar-refractivity contribution in [1.82, 2.24) is 10.2 Å². The van der Waals surface area contributed by atoms with Crippen LogP contribution in [-0.4, -0.2) is 30.6 Å². The van der Waals surface area contributed by atoms with Crippen LogP contribution in [0.5, 0.6) is 0 Å².